The van der Waals surface area contributed by atoms with Crippen molar-refractivity contribution in [2.75, 3.05) is 0 Å². The van der Waals surface area contributed by atoms with E-state index in [-0.39, 0.29) is 0 Å². The molecule has 0 saturated carbocycles. The lowest BCUT2D eigenvalue weighted by atomic mass is 10.1. The number of carbonyl (C=O) groups is 2. The number of amides is 3. The average molecular weight is 262 g/mol. The largest absolute Gasteiger partial charge is 0.427 e. The van der Waals surface area contributed by atoms with Crippen LogP contribution in [0.25, 0.3) is 10.8 Å². The molecule has 0 unspecified atom stereocenters. The Bertz CT molecular complexity index is 595. The highest BCUT2D eigenvalue weighted by atomic mass is 32.2. The normalized spacial score (nSPS) is 10.0. The van der Waals surface area contributed by atoms with E-state index in [9.17, 15) is 9.59 Å². The summed E-state index contributed by atoms with van der Waals surface area (Å²) in [5.41, 5.74) is 4.79. The highest BCUT2D eigenvalue weighted by Crippen LogP contribution is 2.28. The Balaban J connectivity index is 2.12. The van der Waals surface area contributed by atoms with Gasteiger partial charge in [0.1, 0.15) is 0 Å². The number of urea groups is 1. The molecule has 3 N–H and O–H groups in total. The van der Waals surface area contributed by atoms with Crippen LogP contribution in [0.5, 0.6) is 0 Å². The van der Waals surface area contributed by atoms with Crippen molar-refractivity contribution in [3.8, 4) is 0 Å². The van der Waals surface area contributed by atoms with Gasteiger partial charge in [0.25, 0.3) is 0 Å². The number of fused-ring (bicyclic) bond motifs is 1. The van der Waals surface area contributed by atoms with Gasteiger partial charge in [-0.05, 0) is 16.8 Å². The number of rotatable bonds is 2. The second-order valence-electron chi connectivity index (χ2n) is 3.42. The van der Waals surface area contributed by atoms with Gasteiger partial charge in [-0.25, -0.2) is 14.9 Å². The zero-order chi connectivity index (χ0) is 13.0. The summed E-state index contributed by atoms with van der Waals surface area (Å²) in [5, 5.41) is 3.83. The first-order valence-corrected chi connectivity index (χ1v) is 5.83. The van der Waals surface area contributed by atoms with Crippen molar-refractivity contribution < 1.29 is 13.8 Å². The minimum absolute atomic E-state index is 0.785. The van der Waals surface area contributed by atoms with Crippen LogP contribution in [0.2, 0.25) is 0 Å². The van der Waals surface area contributed by atoms with Crippen LogP contribution in [0.15, 0.2) is 47.4 Å². The average Bonchev–Trinajstić information content (AvgIpc) is 2.35. The molecular formula is C12H10N2O3S. The summed E-state index contributed by atoms with van der Waals surface area (Å²) in [6.07, 6.45) is -0.888. The highest BCUT2D eigenvalue weighted by Gasteiger charge is 2.08. The summed E-state index contributed by atoms with van der Waals surface area (Å²) < 4.78 is 4.81. The minimum Gasteiger partial charge on any atom is -0.369 e. The van der Waals surface area contributed by atoms with E-state index in [0.29, 0.717) is 0 Å². The number of imide groups is 1. The molecule has 0 aliphatic carbocycles. The van der Waals surface area contributed by atoms with Gasteiger partial charge < -0.3 is 9.92 Å². The number of hydrogen-bond donors (Lipinski definition) is 2. The maximum Gasteiger partial charge on any atom is 0.427 e. The first-order valence-electron chi connectivity index (χ1n) is 5.09. The van der Waals surface area contributed by atoms with Crippen LogP contribution in [-0.2, 0) is 4.18 Å². The summed E-state index contributed by atoms with van der Waals surface area (Å²) in [6, 6.07) is 12.4. The summed E-state index contributed by atoms with van der Waals surface area (Å²) >= 11 is 0.880. The molecule has 0 spiro atoms. The fraction of sp³-hybridized carbons (Fsp3) is 0. The van der Waals surface area contributed by atoms with Crippen LogP contribution >= 0.6 is 12.0 Å². The van der Waals surface area contributed by atoms with Gasteiger partial charge in [-0.3, -0.25) is 0 Å². The molecule has 0 radical (unpaired) electrons. The second-order valence-corrected chi connectivity index (χ2v) is 4.19. The lowest BCUT2D eigenvalue weighted by Crippen LogP contribution is -2.34. The molecular weight excluding hydrogens is 252 g/mol. The molecule has 2 aromatic carbocycles. The molecule has 0 atom stereocenters. The van der Waals surface area contributed by atoms with Crippen LogP contribution in [-0.4, -0.2) is 12.1 Å². The Hall–Kier alpha value is -2.21. The van der Waals surface area contributed by atoms with Gasteiger partial charge in [0.05, 0.1) is 16.9 Å². The molecule has 0 aromatic heterocycles. The van der Waals surface area contributed by atoms with Crippen molar-refractivity contribution in [1.29, 1.82) is 0 Å². The monoisotopic (exact) mass is 262 g/mol. The Kier molecular flexibility index (Phi) is 3.69. The quantitative estimate of drug-likeness (QED) is 0.815. The number of hydrogen-bond acceptors (Lipinski definition) is 4. The molecule has 2 rings (SSSR count). The van der Waals surface area contributed by atoms with Crippen LogP contribution in [0.1, 0.15) is 0 Å². The van der Waals surface area contributed by atoms with Gasteiger partial charge in [-0.15, -0.1) is 0 Å². The summed E-state index contributed by atoms with van der Waals surface area (Å²) in [6.45, 7) is 0. The Labute approximate surface area is 108 Å². The van der Waals surface area contributed by atoms with E-state index in [1.54, 1.807) is 0 Å². The molecule has 18 heavy (non-hydrogen) atoms. The first-order chi connectivity index (χ1) is 8.66. The van der Waals surface area contributed by atoms with Gasteiger partial charge in [0, 0.05) is 0 Å². The van der Waals surface area contributed by atoms with E-state index >= 15 is 0 Å². The molecule has 0 fully saturated rings. The fourth-order valence-corrected chi connectivity index (χ4v) is 2.09. The Morgan fingerprint density at radius 3 is 2.61 bits per heavy atom. The van der Waals surface area contributed by atoms with Gasteiger partial charge >= 0.3 is 12.1 Å². The standard InChI is InChI=1S/C12H10N2O3S/c13-11(15)14-12(16)17-18-10-7-3-5-8-4-1-2-6-9(8)10/h1-7H,(H3,13,14,15,16). The van der Waals surface area contributed by atoms with Crippen LogP contribution < -0.4 is 11.1 Å². The van der Waals surface area contributed by atoms with Crippen molar-refractivity contribution >= 4 is 34.9 Å². The fourth-order valence-electron chi connectivity index (χ4n) is 1.47. The molecule has 0 saturated heterocycles. The van der Waals surface area contributed by atoms with Crippen molar-refractivity contribution in [1.82, 2.24) is 5.32 Å². The zero-order valence-corrected chi connectivity index (χ0v) is 10.1. The lowest BCUT2D eigenvalue weighted by Gasteiger charge is -2.05. The number of nitrogens with two attached hydrogens (primary N) is 1. The third-order valence-electron chi connectivity index (χ3n) is 2.18. The molecule has 0 aliphatic rings. The van der Waals surface area contributed by atoms with E-state index < -0.39 is 12.1 Å². The van der Waals surface area contributed by atoms with Crippen LogP contribution in [0.3, 0.4) is 0 Å². The molecule has 0 aliphatic heterocycles. The van der Waals surface area contributed by atoms with Crippen molar-refractivity contribution in [2.45, 2.75) is 4.90 Å². The summed E-state index contributed by atoms with van der Waals surface area (Å²) in [7, 11) is 0. The van der Waals surface area contributed by atoms with E-state index in [0.717, 1.165) is 27.7 Å². The topological polar surface area (TPSA) is 81.4 Å². The van der Waals surface area contributed by atoms with Crippen LogP contribution in [0, 0.1) is 0 Å². The van der Waals surface area contributed by atoms with E-state index in [2.05, 4.69) is 0 Å². The first kappa shape index (κ1) is 12.3. The third kappa shape index (κ3) is 2.92. The zero-order valence-electron chi connectivity index (χ0n) is 9.25. The van der Waals surface area contributed by atoms with E-state index in [1.165, 1.54) is 0 Å². The Morgan fingerprint density at radius 2 is 1.83 bits per heavy atom. The predicted molar refractivity (Wildman–Crippen MR) is 69.0 cm³/mol. The van der Waals surface area contributed by atoms with Crippen LogP contribution in [0.4, 0.5) is 9.59 Å². The number of benzene rings is 2. The number of carbonyl (C=O) groups excluding carboxylic acids is 2. The minimum atomic E-state index is -0.946. The van der Waals surface area contributed by atoms with Crippen molar-refractivity contribution in [3.63, 3.8) is 0 Å². The molecule has 92 valence electrons. The smallest absolute Gasteiger partial charge is 0.369 e. The number of nitrogens with one attached hydrogen (secondary N) is 1. The van der Waals surface area contributed by atoms with Crippen molar-refractivity contribution in [2.24, 2.45) is 5.73 Å². The van der Waals surface area contributed by atoms with E-state index in [1.807, 2.05) is 47.8 Å². The maximum atomic E-state index is 11.1. The van der Waals surface area contributed by atoms with Gasteiger partial charge in [-0.2, -0.15) is 0 Å². The molecule has 0 heterocycles. The molecule has 0 bridgehead atoms. The lowest BCUT2D eigenvalue weighted by molar-refractivity contribution is 0.206. The molecule has 6 heteroatoms. The molecule has 3 amide bonds. The second kappa shape index (κ2) is 5.42. The molecule has 5 nitrogen and oxygen atoms in total. The van der Waals surface area contributed by atoms with E-state index in [4.69, 9.17) is 9.92 Å². The molecule has 2 aromatic rings. The summed E-state index contributed by atoms with van der Waals surface area (Å²) in [4.78, 5) is 22.3. The highest BCUT2D eigenvalue weighted by molar-refractivity contribution is 7.95. The van der Waals surface area contributed by atoms with Crippen molar-refractivity contribution in [3.05, 3.63) is 42.5 Å². The number of primary amides is 1. The van der Waals surface area contributed by atoms with Gasteiger partial charge in [0.15, 0.2) is 0 Å². The van der Waals surface area contributed by atoms with Gasteiger partial charge in [-0.1, -0.05) is 36.4 Å². The third-order valence-corrected chi connectivity index (χ3v) is 2.95. The van der Waals surface area contributed by atoms with Gasteiger partial charge in [0.2, 0.25) is 0 Å². The summed E-state index contributed by atoms with van der Waals surface area (Å²) in [5.74, 6) is 0. The SMILES string of the molecule is NC(=O)NC(=O)OSc1cccc2ccccc12. The maximum absolute atomic E-state index is 11.1. The predicted octanol–water partition coefficient (Wildman–Crippen LogP) is 2.65. The Morgan fingerprint density at radius 1 is 1.11 bits per heavy atom.